The number of aromatic nitrogens is 2. The van der Waals surface area contributed by atoms with Gasteiger partial charge in [-0.15, -0.1) is 0 Å². The van der Waals surface area contributed by atoms with Gasteiger partial charge in [0.2, 0.25) is 0 Å². The topological polar surface area (TPSA) is 34.9 Å². The van der Waals surface area contributed by atoms with E-state index in [-0.39, 0.29) is 5.91 Å². The van der Waals surface area contributed by atoms with E-state index in [0.717, 1.165) is 21.2 Å². The summed E-state index contributed by atoms with van der Waals surface area (Å²) in [5.41, 5.74) is 3.33. The van der Waals surface area contributed by atoms with Crippen LogP contribution in [0.5, 0.6) is 0 Å². The Morgan fingerprint density at radius 1 is 1.04 bits per heavy atom. The Morgan fingerprint density at radius 2 is 1.71 bits per heavy atom. The van der Waals surface area contributed by atoms with Crippen LogP contribution in [0.2, 0.25) is 5.02 Å². The van der Waals surface area contributed by atoms with E-state index in [0.29, 0.717) is 10.6 Å². The van der Waals surface area contributed by atoms with Crippen molar-refractivity contribution >= 4 is 29.3 Å². The first kappa shape index (κ1) is 16.8. The van der Waals surface area contributed by atoms with Gasteiger partial charge in [-0.05, 0) is 45.0 Å². The number of hydrogen-bond donors (Lipinski definition) is 0. The molecule has 3 aromatic rings. The monoisotopic (exact) mass is 356 g/mol. The first-order chi connectivity index (χ1) is 11.5. The third-order valence-electron chi connectivity index (χ3n) is 3.76. The summed E-state index contributed by atoms with van der Waals surface area (Å²) >= 11 is 7.76. The molecule has 24 heavy (non-hydrogen) atoms. The van der Waals surface area contributed by atoms with Gasteiger partial charge in [0, 0.05) is 4.90 Å². The van der Waals surface area contributed by atoms with Gasteiger partial charge in [0.1, 0.15) is 0 Å². The summed E-state index contributed by atoms with van der Waals surface area (Å²) in [7, 11) is 0. The zero-order valence-electron chi connectivity index (χ0n) is 13.7. The highest BCUT2D eigenvalue weighted by atomic mass is 35.5. The Morgan fingerprint density at radius 3 is 2.38 bits per heavy atom. The largest absolute Gasteiger partial charge is 0.279 e. The van der Waals surface area contributed by atoms with Gasteiger partial charge < -0.3 is 0 Å². The predicted molar refractivity (Wildman–Crippen MR) is 98.2 cm³/mol. The summed E-state index contributed by atoms with van der Waals surface area (Å²) < 4.78 is 1.44. The van der Waals surface area contributed by atoms with E-state index >= 15 is 0 Å². The number of halogens is 1. The molecule has 0 fully saturated rings. The van der Waals surface area contributed by atoms with Crippen LogP contribution < -0.4 is 0 Å². The van der Waals surface area contributed by atoms with E-state index < -0.39 is 0 Å². The van der Waals surface area contributed by atoms with Gasteiger partial charge in [-0.1, -0.05) is 53.2 Å². The summed E-state index contributed by atoms with van der Waals surface area (Å²) in [6, 6.07) is 15.3. The van der Waals surface area contributed by atoms with E-state index in [1.807, 2.05) is 13.8 Å². The van der Waals surface area contributed by atoms with Crippen molar-refractivity contribution in [2.24, 2.45) is 0 Å². The average Bonchev–Trinajstić information content (AvgIpc) is 2.85. The fourth-order valence-corrected chi connectivity index (χ4v) is 3.59. The molecule has 2 aromatic carbocycles. The molecule has 0 saturated carbocycles. The Bertz CT molecular complexity index is 900. The van der Waals surface area contributed by atoms with Crippen molar-refractivity contribution < 1.29 is 4.79 Å². The molecule has 0 saturated heterocycles. The van der Waals surface area contributed by atoms with E-state index in [9.17, 15) is 4.79 Å². The van der Waals surface area contributed by atoms with Gasteiger partial charge in [-0.3, -0.25) is 4.79 Å². The third kappa shape index (κ3) is 3.25. The molecule has 0 aliphatic heterocycles. The van der Waals surface area contributed by atoms with Gasteiger partial charge in [-0.2, -0.15) is 9.78 Å². The molecule has 122 valence electrons. The molecule has 0 atom stereocenters. The third-order valence-corrected chi connectivity index (χ3v) is 5.39. The number of rotatable bonds is 3. The number of hydrogen-bond acceptors (Lipinski definition) is 3. The van der Waals surface area contributed by atoms with Crippen LogP contribution in [0.1, 0.15) is 27.3 Å². The smallest absolute Gasteiger partial charge is 0.267 e. The van der Waals surface area contributed by atoms with Crippen molar-refractivity contribution in [3.63, 3.8) is 0 Å². The highest BCUT2D eigenvalue weighted by molar-refractivity contribution is 7.99. The maximum atomic E-state index is 12.8. The second-order valence-corrected chi connectivity index (χ2v) is 7.10. The van der Waals surface area contributed by atoms with E-state index in [1.165, 1.54) is 10.2 Å². The minimum absolute atomic E-state index is 0.211. The minimum atomic E-state index is -0.211. The minimum Gasteiger partial charge on any atom is -0.267 e. The summed E-state index contributed by atoms with van der Waals surface area (Å²) in [6.45, 7) is 5.89. The lowest BCUT2D eigenvalue weighted by Gasteiger charge is -2.06. The summed E-state index contributed by atoms with van der Waals surface area (Å²) in [5, 5.41) is 4.86. The number of nitrogens with zero attached hydrogens (tertiary/aromatic N) is 2. The van der Waals surface area contributed by atoms with Gasteiger partial charge in [-0.25, -0.2) is 0 Å². The number of aryl methyl sites for hydroxylation is 2. The Kier molecular flexibility index (Phi) is 4.78. The van der Waals surface area contributed by atoms with Crippen LogP contribution in [-0.2, 0) is 0 Å². The molecular formula is C19H17ClN2OS. The van der Waals surface area contributed by atoms with E-state index in [4.69, 9.17) is 11.6 Å². The Labute approximate surface area is 150 Å². The van der Waals surface area contributed by atoms with Crippen LogP contribution in [0.25, 0.3) is 0 Å². The Balaban J connectivity index is 1.96. The molecule has 0 unspecified atom stereocenters. The van der Waals surface area contributed by atoms with Crippen LogP contribution in [0, 0.1) is 20.8 Å². The molecule has 0 amide bonds. The number of benzene rings is 2. The van der Waals surface area contributed by atoms with Crippen LogP contribution in [-0.4, -0.2) is 15.7 Å². The van der Waals surface area contributed by atoms with Crippen molar-refractivity contribution in [2.75, 3.05) is 0 Å². The molecule has 3 rings (SSSR count). The van der Waals surface area contributed by atoms with Crippen molar-refractivity contribution in [3.8, 4) is 0 Å². The fourth-order valence-electron chi connectivity index (χ4n) is 2.45. The summed E-state index contributed by atoms with van der Waals surface area (Å²) in [6.07, 6.45) is 0. The first-order valence-electron chi connectivity index (χ1n) is 7.57. The molecule has 0 aliphatic carbocycles. The normalized spacial score (nSPS) is 10.8. The predicted octanol–water partition coefficient (Wildman–Crippen LogP) is 5.30. The molecule has 5 heteroatoms. The molecular weight excluding hydrogens is 340 g/mol. The number of carbonyl (C=O) groups is 1. The van der Waals surface area contributed by atoms with Crippen LogP contribution in [0.4, 0.5) is 0 Å². The van der Waals surface area contributed by atoms with Gasteiger partial charge >= 0.3 is 0 Å². The lowest BCUT2D eigenvalue weighted by Crippen LogP contribution is -2.15. The van der Waals surface area contributed by atoms with Crippen LogP contribution >= 0.6 is 23.4 Å². The lowest BCUT2D eigenvalue weighted by atomic mass is 10.2. The molecule has 1 aromatic heterocycles. The molecule has 0 spiro atoms. The molecule has 0 aliphatic rings. The maximum Gasteiger partial charge on any atom is 0.279 e. The fraction of sp³-hybridized carbons (Fsp3) is 0.158. The molecule has 3 nitrogen and oxygen atoms in total. The molecule has 0 radical (unpaired) electrons. The Hall–Kier alpha value is -2.04. The number of carbonyl (C=O) groups excluding carboxylic acids is 1. The van der Waals surface area contributed by atoms with Crippen molar-refractivity contribution in [1.82, 2.24) is 9.78 Å². The van der Waals surface area contributed by atoms with Gasteiger partial charge in [0.15, 0.2) is 0 Å². The van der Waals surface area contributed by atoms with Gasteiger partial charge in [0.25, 0.3) is 5.91 Å². The first-order valence-corrected chi connectivity index (χ1v) is 8.77. The van der Waals surface area contributed by atoms with Gasteiger partial charge in [0.05, 0.1) is 26.9 Å². The zero-order chi connectivity index (χ0) is 17.3. The average molecular weight is 357 g/mol. The van der Waals surface area contributed by atoms with Crippen LogP contribution in [0.15, 0.2) is 58.3 Å². The molecule has 0 bridgehead atoms. The van der Waals surface area contributed by atoms with E-state index in [1.54, 1.807) is 36.0 Å². The SMILES string of the molecule is Cc1ccc(Sc2c(C)nn(C(=O)c3ccccc3Cl)c2C)cc1. The highest BCUT2D eigenvalue weighted by Crippen LogP contribution is 2.33. The molecule has 1 heterocycles. The second kappa shape index (κ2) is 6.83. The summed E-state index contributed by atoms with van der Waals surface area (Å²) in [5.74, 6) is -0.211. The second-order valence-electron chi connectivity index (χ2n) is 5.61. The maximum absolute atomic E-state index is 12.8. The van der Waals surface area contributed by atoms with Crippen LogP contribution in [0.3, 0.4) is 0 Å². The zero-order valence-corrected chi connectivity index (χ0v) is 15.3. The van der Waals surface area contributed by atoms with Crippen molar-refractivity contribution in [1.29, 1.82) is 0 Å². The lowest BCUT2D eigenvalue weighted by molar-refractivity contribution is 0.0942. The van der Waals surface area contributed by atoms with E-state index in [2.05, 4.69) is 36.3 Å². The quantitative estimate of drug-likeness (QED) is 0.638. The standard InChI is InChI=1S/C19H17ClN2OS/c1-12-8-10-15(11-9-12)24-18-13(2)21-22(14(18)3)19(23)16-6-4-5-7-17(16)20/h4-11H,1-3H3. The van der Waals surface area contributed by atoms with Crippen molar-refractivity contribution in [2.45, 2.75) is 30.6 Å². The molecule has 0 N–H and O–H groups in total. The summed E-state index contributed by atoms with van der Waals surface area (Å²) in [4.78, 5) is 14.9. The van der Waals surface area contributed by atoms with Crippen molar-refractivity contribution in [3.05, 3.63) is 76.1 Å². The highest BCUT2D eigenvalue weighted by Gasteiger charge is 2.20.